The number of ether oxygens (including phenoxy) is 2. The molecule has 0 saturated heterocycles. The van der Waals surface area contributed by atoms with Crippen LogP contribution in [-0.2, 0) is 9.47 Å². The summed E-state index contributed by atoms with van der Waals surface area (Å²) in [5.41, 5.74) is 1.08. The molecule has 0 aliphatic rings. The Balaban J connectivity index is 3.44. The van der Waals surface area contributed by atoms with E-state index in [1.807, 2.05) is 13.8 Å². The molecular formula is C12H25NO2. The van der Waals surface area contributed by atoms with Crippen molar-refractivity contribution in [2.45, 2.75) is 39.8 Å². The molecule has 3 nitrogen and oxygen atoms in total. The van der Waals surface area contributed by atoms with E-state index in [0.29, 0.717) is 19.3 Å². The fourth-order valence-electron chi connectivity index (χ4n) is 0.992. The Hall–Kier alpha value is -0.380. The molecule has 1 atom stereocenters. The van der Waals surface area contributed by atoms with E-state index in [9.17, 15) is 0 Å². The minimum absolute atomic E-state index is 0.140. The highest BCUT2D eigenvalue weighted by Crippen LogP contribution is 1.97. The van der Waals surface area contributed by atoms with E-state index in [2.05, 4.69) is 25.7 Å². The highest BCUT2D eigenvalue weighted by atomic mass is 16.5. The first-order chi connectivity index (χ1) is 7.06. The Morgan fingerprint density at radius 2 is 2.00 bits per heavy atom. The van der Waals surface area contributed by atoms with E-state index < -0.39 is 0 Å². The lowest BCUT2D eigenvalue weighted by atomic mass is 10.3. The number of hydrogen-bond acceptors (Lipinski definition) is 3. The second kappa shape index (κ2) is 8.89. The summed E-state index contributed by atoms with van der Waals surface area (Å²) in [5.74, 6) is 0. The maximum atomic E-state index is 5.57. The summed E-state index contributed by atoms with van der Waals surface area (Å²) < 4.78 is 10.8. The van der Waals surface area contributed by atoms with E-state index in [0.717, 1.165) is 18.7 Å². The van der Waals surface area contributed by atoms with Gasteiger partial charge in [-0.25, -0.2) is 0 Å². The lowest BCUT2D eigenvalue weighted by molar-refractivity contribution is 0.00561. The highest BCUT2D eigenvalue weighted by Gasteiger charge is 2.03. The first-order valence-electron chi connectivity index (χ1n) is 5.65. The summed E-state index contributed by atoms with van der Waals surface area (Å²) in [6.45, 7) is 15.0. The lowest BCUT2D eigenvalue weighted by Gasteiger charge is -2.15. The van der Waals surface area contributed by atoms with Gasteiger partial charge in [0, 0.05) is 19.2 Å². The Morgan fingerprint density at radius 3 is 2.53 bits per heavy atom. The fourth-order valence-corrected chi connectivity index (χ4v) is 0.992. The van der Waals surface area contributed by atoms with Crippen molar-refractivity contribution in [3.05, 3.63) is 12.2 Å². The number of nitrogens with one attached hydrogen (secondary N) is 1. The van der Waals surface area contributed by atoms with E-state index in [-0.39, 0.29) is 6.10 Å². The fraction of sp³-hybridized carbons (Fsp3) is 0.833. The molecule has 0 heterocycles. The molecule has 0 aromatic heterocycles. The van der Waals surface area contributed by atoms with E-state index in [1.54, 1.807) is 0 Å². The van der Waals surface area contributed by atoms with Crippen LogP contribution in [-0.4, -0.2) is 38.5 Å². The van der Waals surface area contributed by atoms with Gasteiger partial charge in [-0.2, -0.15) is 0 Å². The first-order valence-corrected chi connectivity index (χ1v) is 5.65. The molecule has 0 bridgehead atoms. The Bertz CT molecular complexity index is 169. The van der Waals surface area contributed by atoms with Crippen LogP contribution in [0.1, 0.15) is 27.7 Å². The van der Waals surface area contributed by atoms with Gasteiger partial charge in [0.2, 0.25) is 0 Å². The summed E-state index contributed by atoms with van der Waals surface area (Å²) >= 11 is 0. The number of hydrogen-bond donors (Lipinski definition) is 1. The van der Waals surface area contributed by atoms with Crippen molar-refractivity contribution < 1.29 is 9.47 Å². The maximum absolute atomic E-state index is 5.57. The van der Waals surface area contributed by atoms with Crippen molar-refractivity contribution in [2.75, 3.05) is 26.4 Å². The molecule has 0 aliphatic carbocycles. The molecule has 0 saturated carbocycles. The van der Waals surface area contributed by atoms with Crippen molar-refractivity contribution in [3.8, 4) is 0 Å². The van der Waals surface area contributed by atoms with Gasteiger partial charge in [0.15, 0.2) is 0 Å². The van der Waals surface area contributed by atoms with Crippen molar-refractivity contribution in [1.82, 2.24) is 5.32 Å². The van der Waals surface area contributed by atoms with Crippen molar-refractivity contribution >= 4 is 0 Å². The summed E-state index contributed by atoms with van der Waals surface area (Å²) in [4.78, 5) is 0. The van der Waals surface area contributed by atoms with Gasteiger partial charge in [0.25, 0.3) is 0 Å². The van der Waals surface area contributed by atoms with Crippen molar-refractivity contribution in [1.29, 1.82) is 0 Å². The Labute approximate surface area is 93.8 Å². The van der Waals surface area contributed by atoms with Crippen LogP contribution in [0.2, 0.25) is 0 Å². The average molecular weight is 215 g/mol. The smallest absolute Gasteiger partial charge is 0.0784 e. The summed E-state index contributed by atoms with van der Waals surface area (Å²) in [5, 5.41) is 3.30. The third-order valence-corrected chi connectivity index (χ3v) is 1.89. The lowest BCUT2D eigenvalue weighted by Crippen LogP contribution is -2.27. The van der Waals surface area contributed by atoms with Crippen LogP contribution < -0.4 is 5.32 Å². The van der Waals surface area contributed by atoms with E-state index in [1.165, 1.54) is 0 Å². The normalized spacial score (nSPS) is 13.1. The topological polar surface area (TPSA) is 30.5 Å². The third-order valence-electron chi connectivity index (χ3n) is 1.89. The zero-order valence-electron chi connectivity index (χ0n) is 10.5. The predicted octanol–water partition coefficient (Wildman–Crippen LogP) is 1.98. The number of rotatable bonds is 9. The minimum atomic E-state index is 0.140. The molecule has 15 heavy (non-hydrogen) atoms. The Morgan fingerprint density at radius 1 is 1.33 bits per heavy atom. The molecule has 0 rings (SSSR count). The Kier molecular flexibility index (Phi) is 8.67. The van der Waals surface area contributed by atoms with Crippen molar-refractivity contribution in [3.63, 3.8) is 0 Å². The third kappa shape index (κ3) is 9.91. The molecule has 0 aliphatic heterocycles. The molecule has 0 aromatic carbocycles. The highest BCUT2D eigenvalue weighted by molar-refractivity contribution is 4.97. The molecule has 3 heteroatoms. The second-order valence-corrected chi connectivity index (χ2v) is 4.07. The first kappa shape index (κ1) is 14.6. The zero-order valence-corrected chi connectivity index (χ0v) is 10.5. The van der Waals surface area contributed by atoms with Crippen molar-refractivity contribution in [2.24, 2.45) is 0 Å². The van der Waals surface area contributed by atoms with Crippen LogP contribution in [0.25, 0.3) is 0 Å². The molecule has 90 valence electrons. The molecule has 0 radical (unpaired) electrons. The monoisotopic (exact) mass is 215 g/mol. The SMILES string of the molecule is C=C(CNC(C)C)COC(C)COCC. The largest absolute Gasteiger partial charge is 0.379 e. The molecule has 0 fully saturated rings. The van der Waals surface area contributed by atoms with Crippen LogP contribution in [0.4, 0.5) is 0 Å². The van der Waals surface area contributed by atoms with Gasteiger partial charge in [0.05, 0.1) is 19.3 Å². The van der Waals surface area contributed by atoms with Gasteiger partial charge in [0.1, 0.15) is 0 Å². The van der Waals surface area contributed by atoms with E-state index in [4.69, 9.17) is 9.47 Å². The van der Waals surface area contributed by atoms with Crippen LogP contribution in [0.3, 0.4) is 0 Å². The molecule has 0 amide bonds. The van der Waals surface area contributed by atoms with Gasteiger partial charge < -0.3 is 14.8 Å². The zero-order chi connectivity index (χ0) is 11.7. The standard InChI is InChI=1S/C12H25NO2/c1-6-14-9-12(5)15-8-11(4)7-13-10(2)3/h10,12-13H,4,6-9H2,1-3,5H3. The molecule has 1 N–H and O–H groups in total. The molecule has 0 aromatic rings. The van der Waals surface area contributed by atoms with Gasteiger partial charge >= 0.3 is 0 Å². The second-order valence-electron chi connectivity index (χ2n) is 4.07. The quantitative estimate of drug-likeness (QED) is 0.597. The summed E-state index contributed by atoms with van der Waals surface area (Å²) in [7, 11) is 0. The van der Waals surface area contributed by atoms with Crippen LogP contribution in [0.5, 0.6) is 0 Å². The summed E-state index contributed by atoms with van der Waals surface area (Å²) in [6, 6.07) is 0.489. The van der Waals surface area contributed by atoms with E-state index >= 15 is 0 Å². The predicted molar refractivity (Wildman–Crippen MR) is 64.2 cm³/mol. The molecule has 1 unspecified atom stereocenters. The van der Waals surface area contributed by atoms with Gasteiger partial charge in [-0.3, -0.25) is 0 Å². The molecule has 0 spiro atoms. The average Bonchev–Trinajstić information content (AvgIpc) is 2.20. The molecular weight excluding hydrogens is 190 g/mol. The van der Waals surface area contributed by atoms with Crippen LogP contribution in [0, 0.1) is 0 Å². The van der Waals surface area contributed by atoms with Crippen LogP contribution >= 0.6 is 0 Å². The minimum Gasteiger partial charge on any atom is -0.379 e. The summed E-state index contributed by atoms with van der Waals surface area (Å²) in [6.07, 6.45) is 0.140. The maximum Gasteiger partial charge on any atom is 0.0784 e. The van der Waals surface area contributed by atoms with Gasteiger partial charge in [-0.1, -0.05) is 20.4 Å². The van der Waals surface area contributed by atoms with Crippen LogP contribution in [0.15, 0.2) is 12.2 Å². The van der Waals surface area contributed by atoms with Gasteiger partial charge in [-0.05, 0) is 19.4 Å². The van der Waals surface area contributed by atoms with Gasteiger partial charge in [-0.15, -0.1) is 0 Å².